The summed E-state index contributed by atoms with van der Waals surface area (Å²) in [6, 6.07) is 15.6. The number of ether oxygens (including phenoxy) is 1. The van der Waals surface area contributed by atoms with Crippen molar-refractivity contribution < 1.29 is 9.84 Å². The van der Waals surface area contributed by atoms with Crippen LogP contribution in [-0.4, -0.2) is 5.11 Å². The zero-order valence-corrected chi connectivity index (χ0v) is 12.6. The molecule has 0 saturated heterocycles. The molecule has 0 spiro atoms. The van der Waals surface area contributed by atoms with Crippen LogP contribution < -0.4 is 4.74 Å². The van der Waals surface area contributed by atoms with E-state index in [0.29, 0.717) is 0 Å². The Hall–Kier alpha value is -1.80. The van der Waals surface area contributed by atoms with Gasteiger partial charge in [0.15, 0.2) is 0 Å². The van der Waals surface area contributed by atoms with Crippen LogP contribution in [-0.2, 0) is 0 Å². The van der Waals surface area contributed by atoms with E-state index < -0.39 is 6.10 Å². The van der Waals surface area contributed by atoms with E-state index in [1.165, 1.54) is 0 Å². The Morgan fingerprint density at radius 1 is 1.00 bits per heavy atom. The predicted molar refractivity (Wildman–Crippen MR) is 82.1 cm³/mol. The molecule has 2 nitrogen and oxygen atoms in total. The molecule has 1 unspecified atom stereocenters. The second-order valence-corrected chi connectivity index (χ2v) is 6.21. The van der Waals surface area contributed by atoms with Gasteiger partial charge < -0.3 is 9.84 Å². The van der Waals surface area contributed by atoms with E-state index in [-0.39, 0.29) is 5.41 Å². The van der Waals surface area contributed by atoms with Gasteiger partial charge in [0, 0.05) is 0 Å². The molecule has 2 rings (SSSR count). The summed E-state index contributed by atoms with van der Waals surface area (Å²) < 4.78 is 5.85. The topological polar surface area (TPSA) is 29.5 Å². The Morgan fingerprint density at radius 2 is 1.65 bits per heavy atom. The van der Waals surface area contributed by atoms with Gasteiger partial charge in [-0.15, -0.1) is 0 Å². The minimum Gasteiger partial charge on any atom is -0.457 e. The van der Waals surface area contributed by atoms with Crippen LogP contribution in [0.25, 0.3) is 0 Å². The summed E-state index contributed by atoms with van der Waals surface area (Å²) in [6.45, 7) is 8.08. The second-order valence-electron chi connectivity index (χ2n) is 6.21. The van der Waals surface area contributed by atoms with Gasteiger partial charge in [-0.1, -0.05) is 45.0 Å². The van der Waals surface area contributed by atoms with E-state index in [0.717, 1.165) is 22.6 Å². The highest BCUT2D eigenvalue weighted by molar-refractivity contribution is 5.40. The van der Waals surface area contributed by atoms with E-state index in [1.807, 2.05) is 76.2 Å². The molecule has 0 radical (unpaired) electrons. The Kier molecular flexibility index (Phi) is 4.15. The van der Waals surface area contributed by atoms with Gasteiger partial charge in [-0.2, -0.15) is 0 Å². The SMILES string of the molecule is Cc1cc(C(O)C(C)(C)C)ccc1Oc1ccccc1. The molecule has 20 heavy (non-hydrogen) atoms. The van der Waals surface area contributed by atoms with E-state index in [1.54, 1.807) is 0 Å². The van der Waals surface area contributed by atoms with Crippen molar-refractivity contribution in [2.24, 2.45) is 5.41 Å². The standard InChI is InChI=1S/C18H22O2/c1-13-12-14(17(19)18(2,3)4)10-11-16(13)20-15-8-6-5-7-9-15/h5-12,17,19H,1-4H3. The fourth-order valence-electron chi connectivity index (χ4n) is 2.07. The van der Waals surface area contributed by atoms with E-state index in [2.05, 4.69) is 0 Å². The van der Waals surface area contributed by atoms with Crippen molar-refractivity contribution >= 4 is 0 Å². The number of aliphatic hydroxyl groups excluding tert-OH is 1. The van der Waals surface area contributed by atoms with Crippen molar-refractivity contribution in [3.05, 3.63) is 59.7 Å². The maximum Gasteiger partial charge on any atom is 0.130 e. The van der Waals surface area contributed by atoms with E-state index in [9.17, 15) is 5.11 Å². The summed E-state index contributed by atoms with van der Waals surface area (Å²) in [6.07, 6.45) is -0.480. The first-order valence-corrected chi connectivity index (χ1v) is 6.89. The molecular weight excluding hydrogens is 248 g/mol. The Morgan fingerprint density at radius 3 is 2.20 bits per heavy atom. The van der Waals surface area contributed by atoms with Crippen molar-refractivity contribution in [1.29, 1.82) is 0 Å². The fourth-order valence-corrected chi connectivity index (χ4v) is 2.07. The first kappa shape index (κ1) is 14.6. The molecule has 0 fully saturated rings. The molecule has 0 saturated carbocycles. The number of para-hydroxylation sites is 1. The first-order chi connectivity index (χ1) is 9.38. The van der Waals surface area contributed by atoms with Gasteiger partial charge in [0.05, 0.1) is 6.10 Å². The molecule has 0 aliphatic carbocycles. The van der Waals surface area contributed by atoms with Crippen LogP contribution in [0.5, 0.6) is 11.5 Å². The summed E-state index contributed by atoms with van der Waals surface area (Å²) in [5.41, 5.74) is 1.78. The second kappa shape index (κ2) is 5.68. The minimum atomic E-state index is -0.480. The van der Waals surface area contributed by atoms with Gasteiger partial charge >= 0.3 is 0 Å². The van der Waals surface area contributed by atoms with E-state index in [4.69, 9.17) is 4.74 Å². The first-order valence-electron chi connectivity index (χ1n) is 6.89. The summed E-state index contributed by atoms with van der Waals surface area (Å²) in [7, 11) is 0. The fraction of sp³-hybridized carbons (Fsp3) is 0.333. The van der Waals surface area contributed by atoms with Gasteiger partial charge in [0.2, 0.25) is 0 Å². The van der Waals surface area contributed by atoms with Crippen molar-refractivity contribution in [3.63, 3.8) is 0 Å². The summed E-state index contributed by atoms with van der Waals surface area (Å²) >= 11 is 0. The summed E-state index contributed by atoms with van der Waals surface area (Å²) in [4.78, 5) is 0. The normalized spacial score (nSPS) is 13.1. The Labute approximate surface area is 121 Å². The van der Waals surface area contributed by atoms with Crippen molar-refractivity contribution in [1.82, 2.24) is 0 Å². The maximum absolute atomic E-state index is 10.3. The summed E-state index contributed by atoms with van der Waals surface area (Å²) in [5, 5.41) is 10.3. The minimum absolute atomic E-state index is 0.172. The van der Waals surface area contributed by atoms with Crippen molar-refractivity contribution in [3.8, 4) is 11.5 Å². The van der Waals surface area contributed by atoms with Crippen LogP contribution in [0.15, 0.2) is 48.5 Å². The molecule has 0 aliphatic rings. The Bertz CT molecular complexity index is 568. The highest BCUT2D eigenvalue weighted by Gasteiger charge is 2.24. The lowest BCUT2D eigenvalue weighted by Crippen LogP contribution is -2.17. The molecule has 2 heteroatoms. The molecule has 0 amide bonds. The number of benzene rings is 2. The average molecular weight is 270 g/mol. The van der Waals surface area contributed by atoms with Crippen LogP contribution in [0.2, 0.25) is 0 Å². The third kappa shape index (κ3) is 3.40. The molecule has 1 N–H and O–H groups in total. The lowest BCUT2D eigenvalue weighted by Gasteiger charge is -2.26. The molecule has 0 heterocycles. The number of aryl methyl sites for hydroxylation is 1. The quantitative estimate of drug-likeness (QED) is 0.862. The van der Waals surface area contributed by atoms with Gasteiger partial charge in [-0.05, 0) is 47.7 Å². The Balaban J connectivity index is 2.22. The molecule has 0 aromatic heterocycles. The van der Waals surface area contributed by atoms with Crippen LogP contribution in [0.3, 0.4) is 0 Å². The zero-order valence-electron chi connectivity index (χ0n) is 12.6. The molecule has 2 aromatic rings. The lowest BCUT2D eigenvalue weighted by atomic mass is 9.84. The third-order valence-electron chi connectivity index (χ3n) is 3.31. The van der Waals surface area contributed by atoms with Crippen molar-refractivity contribution in [2.45, 2.75) is 33.8 Å². The van der Waals surface area contributed by atoms with Gasteiger partial charge in [-0.3, -0.25) is 0 Å². The summed E-state index contributed by atoms with van der Waals surface area (Å²) in [5.74, 6) is 1.64. The highest BCUT2D eigenvalue weighted by atomic mass is 16.5. The number of hydrogen-bond acceptors (Lipinski definition) is 2. The highest BCUT2D eigenvalue weighted by Crippen LogP contribution is 2.35. The molecule has 0 aliphatic heterocycles. The molecule has 106 valence electrons. The number of hydrogen-bond donors (Lipinski definition) is 1. The number of rotatable bonds is 3. The molecule has 1 atom stereocenters. The average Bonchev–Trinajstić information content (AvgIpc) is 2.40. The maximum atomic E-state index is 10.3. The van der Waals surface area contributed by atoms with Crippen molar-refractivity contribution in [2.75, 3.05) is 0 Å². The molecule has 0 bridgehead atoms. The van der Waals surface area contributed by atoms with Gasteiger partial charge in [-0.25, -0.2) is 0 Å². The monoisotopic (exact) mass is 270 g/mol. The third-order valence-corrected chi connectivity index (χ3v) is 3.31. The predicted octanol–water partition coefficient (Wildman–Crippen LogP) is 4.87. The molecule has 2 aromatic carbocycles. The largest absolute Gasteiger partial charge is 0.457 e. The smallest absolute Gasteiger partial charge is 0.130 e. The number of aliphatic hydroxyl groups is 1. The lowest BCUT2D eigenvalue weighted by molar-refractivity contribution is 0.0626. The molecular formula is C18H22O2. The van der Waals surface area contributed by atoms with E-state index >= 15 is 0 Å². The van der Waals surface area contributed by atoms with Crippen LogP contribution in [0.1, 0.15) is 38.0 Å². The van der Waals surface area contributed by atoms with Crippen LogP contribution in [0.4, 0.5) is 0 Å². The van der Waals surface area contributed by atoms with Crippen LogP contribution >= 0.6 is 0 Å². The van der Waals surface area contributed by atoms with Gasteiger partial charge in [0.1, 0.15) is 11.5 Å². The zero-order chi connectivity index (χ0) is 14.8. The van der Waals surface area contributed by atoms with Crippen LogP contribution in [0, 0.1) is 12.3 Å². The van der Waals surface area contributed by atoms with Gasteiger partial charge in [0.25, 0.3) is 0 Å².